The minimum atomic E-state index is 0.629. The van der Waals surface area contributed by atoms with Gasteiger partial charge in [0.25, 0.3) is 0 Å². The Labute approximate surface area is 124 Å². The van der Waals surface area contributed by atoms with Crippen molar-refractivity contribution in [1.29, 1.82) is 0 Å². The Hall–Kier alpha value is -0.860. The molecule has 0 saturated carbocycles. The molecule has 2 atom stereocenters. The van der Waals surface area contributed by atoms with Crippen LogP contribution < -0.4 is 5.32 Å². The van der Waals surface area contributed by atoms with Crippen LogP contribution in [0.4, 0.5) is 0 Å². The molecule has 0 bridgehead atoms. The Morgan fingerprint density at radius 1 is 1.20 bits per heavy atom. The van der Waals surface area contributed by atoms with E-state index in [-0.39, 0.29) is 0 Å². The number of methoxy groups -OCH3 is 1. The summed E-state index contributed by atoms with van der Waals surface area (Å²) in [6.07, 6.45) is 6.11. The van der Waals surface area contributed by atoms with Crippen LogP contribution in [-0.2, 0) is 11.2 Å². The lowest BCUT2D eigenvalue weighted by molar-refractivity contribution is 0.148. The highest BCUT2D eigenvalue weighted by atomic mass is 16.5. The number of aryl methyl sites for hydroxylation is 1. The second-order valence-electron chi connectivity index (χ2n) is 5.83. The normalized spacial score (nSPS) is 14.2. The summed E-state index contributed by atoms with van der Waals surface area (Å²) in [6.45, 7) is 6.49. The van der Waals surface area contributed by atoms with E-state index in [0.717, 1.165) is 13.2 Å². The molecule has 0 radical (unpaired) electrons. The fourth-order valence-electron chi connectivity index (χ4n) is 2.69. The average molecular weight is 277 g/mol. The molecule has 0 aliphatic rings. The van der Waals surface area contributed by atoms with Gasteiger partial charge in [0, 0.05) is 19.8 Å². The Morgan fingerprint density at radius 2 is 1.95 bits per heavy atom. The summed E-state index contributed by atoms with van der Waals surface area (Å²) in [5, 5.41) is 3.69. The first-order valence-corrected chi connectivity index (χ1v) is 8.02. The molecule has 0 heterocycles. The van der Waals surface area contributed by atoms with E-state index >= 15 is 0 Å². The first-order valence-electron chi connectivity index (χ1n) is 8.02. The van der Waals surface area contributed by atoms with Gasteiger partial charge in [0.2, 0.25) is 0 Å². The molecule has 0 spiro atoms. The van der Waals surface area contributed by atoms with Crippen molar-refractivity contribution >= 4 is 0 Å². The van der Waals surface area contributed by atoms with Crippen LogP contribution in [0.25, 0.3) is 0 Å². The van der Waals surface area contributed by atoms with Gasteiger partial charge in [-0.1, -0.05) is 44.2 Å². The molecule has 0 amide bonds. The summed E-state index contributed by atoms with van der Waals surface area (Å²) in [5.41, 5.74) is 1.45. The maximum atomic E-state index is 5.25. The molecule has 2 unspecified atom stereocenters. The van der Waals surface area contributed by atoms with Crippen molar-refractivity contribution in [1.82, 2.24) is 5.32 Å². The zero-order valence-corrected chi connectivity index (χ0v) is 13.4. The van der Waals surface area contributed by atoms with E-state index < -0.39 is 0 Å². The molecule has 0 aliphatic carbocycles. The van der Waals surface area contributed by atoms with Gasteiger partial charge in [-0.3, -0.25) is 0 Å². The number of ether oxygens (including phenoxy) is 1. The number of hydrogen-bond donors (Lipinski definition) is 1. The minimum absolute atomic E-state index is 0.629. The third-order valence-electron chi connectivity index (χ3n) is 3.68. The van der Waals surface area contributed by atoms with Gasteiger partial charge < -0.3 is 10.1 Å². The molecule has 0 aliphatic heterocycles. The molecule has 0 aromatic heterocycles. The van der Waals surface area contributed by atoms with Gasteiger partial charge in [-0.15, -0.1) is 0 Å². The molecule has 0 fully saturated rings. The quantitative estimate of drug-likeness (QED) is 0.659. The van der Waals surface area contributed by atoms with Crippen molar-refractivity contribution < 1.29 is 4.74 Å². The smallest absolute Gasteiger partial charge is 0.0488 e. The lowest BCUT2D eigenvalue weighted by Gasteiger charge is -2.22. The first kappa shape index (κ1) is 17.2. The molecular weight excluding hydrogens is 246 g/mol. The zero-order valence-electron chi connectivity index (χ0n) is 13.4. The van der Waals surface area contributed by atoms with Crippen molar-refractivity contribution in [2.75, 3.05) is 20.3 Å². The Balaban J connectivity index is 2.31. The molecule has 1 N–H and O–H groups in total. The van der Waals surface area contributed by atoms with Crippen molar-refractivity contribution in [2.24, 2.45) is 5.92 Å². The van der Waals surface area contributed by atoms with Crippen molar-refractivity contribution in [3.05, 3.63) is 35.9 Å². The van der Waals surface area contributed by atoms with E-state index in [0.29, 0.717) is 12.0 Å². The maximum absolute atomic E-state index is 5.25. The molecule has 114 valence electrons. The van der Waals surface area contributed by atoms with Crippen molar-refractivity contribution in [3.8, 4) is 0 Å². The van der Waals surface area contributed by atoms with E-state index in [4.69, 9.17) is 4.74 Å². The van der Waals surface area contributed by atoms with Gasteiger partial charge in [0.15, 0.2) is 0 Å². The average Bonchev–Trinajstić information content (AvgIpc) is 2.46. The van der Waals surface area contributed by atoms with Crippen LogP contribution in [-0.4, -0.2) is 26.3 Å². The predicted molar refractivity (Wildman–Crippen MR) is 87.1 cm³/mol. The summed E-state index contributed by atoms with van der Waals surface area (Å²) in [6, 6.07) is 11.4. The molecule has 1 rings (SSSR count). The predicted octanol–water partition coefficient (Wildman–Crippen LogP) is 4.05. The van der Waals surface area contributed by atoms with E-state index in [1.165, 1.54) is 37.7 Å². The summed E-state index contributed by atoms with van der Waals surface area (Å²) < 4.78 is 5.25. The number of hydrogen-bond acceptors (Lipinski definition) is 2. The van der Waals surface area contributed by atoms with Gasteiger partial charge in [0.05, 0.1) is 0 Å². The van der Waals surface area contributed by atoms with Crippen molar-refractivity contribution in [3.63, 3.8) is 0 Å². The topological polar surface area (TPSA) is 21.3 Å². The minimum Gasteiger partial charge on any atom is -0.384 e. The largest absolute Gasteiger partial charge is 0.384 e. The summed E-state index contributed by atoms with van der Waals surface area (Å²) in [5.74, 6) is 0.631. The van der Waals surface area contributed by atoms with Gasteiger partial charge in [-0.2, -0.15) is 0 Å². The molecule has 2 heteroatoms. The van der Waals surface area contributed by atoms with Gasteiger partial charge in [0.1, 0.15) is 0 Å². The van der Waals surface area contributed by atoms with Crippen LogP contribution in [0.15, 0.2) is 30.3 Å². The van der Waals surface area contributed by atoms with E-state index in [9.17, 15) is 0 Å². The molecular formula is C18H31NO. The Kier molecular flexibility index (Phi) is 9.35. The van der Waals surface area contributed by atoms with E-state index in [1.54, 1.807) is 7.11 Å². The van der Waals surface area contributed by atoms with Gasteiger partial charge in [-0.05, 0) is 50.1 Å². The van der Waals surface area contributed by atoms with Gasteiger partial charge >= 0.3 is 0 Å². The van der Waals surface area contributed by atoms with E-state index in [1.807, 2.05) is 0 Å². The third-order valence-corrected chi connectivity index (χ3v) is 3.68. The van der Waals surface area contributed by atoms with Crippen LogP contribution in [0, 0.1) is 5.92 Å². The maximum Gasteiger partial charge on any atom is 0.0488 e. The summed E-state index contributed by atoms with van der Waals surface area (Å²) in [7, 11) is 1.79. The standard InChI is InChI=1S/C18H31NO/c1-4-13-19-18(14-16(2)15-20-3)12-8-11-17-9-6-5-7-10-17/h5-7,9-10,16,18-19H,4,8,11-15H2,1-3H3. The highest BCUT2D eigenvalue weighted by molar-refractivity contribution is 5.14. The fraction of sp³-hybridized carbons (Fsp3) is 0.667. The molecule has 1 aromatic carbocycles. The molecule has 1 aromatic rings. The SMILES string of the molecule is CCCNC(CCCc1ccccc1)CC(C)COC. The number of benzene rings is 1. The van der Waals surface area contributed by atoms with Crippen LogP contribution >= 0.6 is 0 Å². The monoisotopic (exact) mass is 277 g/mol. The second kappa shape index (κ2) is 10.9. The lowest BCUT2D eigenvalue weighted by Crippen LogP contribution is -2.32. The van der Waals surface area contributed by atoms with Crippen LogP contribution in [0.3, 0.4) is 0 Å². The highest BCUT2D eigenvalue weighted by Crippen LogP contribution is 2.13. The highest BCUT2D eigenvalue weighted by Gasteiger charge is 2.12. The fourth-order valence-corrected chi connectivity index (χ4v) is 2.69. The van der Waals surface area contributed by atoms with Crippen LogP contribution in [0.1, 0.15) is 45.1 Å². The molecule has 0 saturated heterocycles. The van der Waals surface area contributed by atoms with E-state index in [2.05, 4.69) is 49.5 Å². The lowest BCUT2D eigenvalue weighted by atomic mass is 9.96. The summed E-state index contributed by atoms with van der Waals surface area (Å²) in [4.78, 5) is 0. The van der Waals surface area contributed by atoms with Crippen LogP contribution in [0.5, 0.6) is 0 Å². The molecule has 2 nitrogen and oxygen atoms in total. The summed E-state index contributed by atoms with van der Waals surface area (Å²) >= 11 is 0. The Morgan fingerprint density at radius 3 is 2.60 bits per heavy atom. The second-order valence-corrected chi connectivity index (χ2v) is 5.83. The number of rotatable bonds is 11. The number of nitrogens with one attached hydrogen (secondary N) is 1. The first-order chi connectivity index (χ1) is 9.76. The van der Waals surface area contributed by atoms with Crippen molar-refractivity contribution in [2.45, 2.75) is 52.0 Å². The third kappa shape index (κ3) is 7.66. The Bertz CT molecular complexity index is 325. The van der Waals surface area contributed by atoms with Crippen LogP contribution in [0.2, 0.25) is 0 Å². The zero-order chi connectivity index (χ0) is 14.6. The van der Waals surface area contributed by atoms with Gasteiger partial charge in [-0.25, -0.2) is 0 Å². The molecule has 20 heavy (non-hydrogen) atoms.